The number of phenolic OH excluding ortho intramolecular Hbond substituents is 1. The Bertz CT molecular complexity index is 583. The van der Waals surface area contributed by atoms with Gasteiger partial charge in [0, 0.05) is 0 Å². The third kappa shape index (κ3) is 5.65. The zero-order valence-corrected chi connectivity index (χ0v) is 14.0. The first kappa shape index (κ1) is 17.8. The fourth-order valence-electron chi connectivity index (χ4n) is 1.91. The van der Waals surface area contributed by atoms with Crippen LogP contribution in [0, 0.1) is 6.92 Å². The van der Waals surface area contributed by atoms with Crippen LogP contribution in [0.15, 0.2) is 55.1 Å². The van der Waals surface area contributed by atoms with Crippen molar-refractivity contribution in [2.75, 3.05) is 7.11 Å². The minimum atomic E-state index is 0.399. The monoisotopic (exact) mass is 298 g/mol. The summed E-state index contributed by atoms with van der Waals surface area (Å²) in [6.07, 6.45) is 2.81. The summed E-state index contributed by atoms with van der Waals surface area (Å²) in [6, 6.07) is 13.8. The number of methoxy groups -OCH3 is 1. The third-order valence-corrected chi connectivity index (χ3v) is 3.44. The summed E-state index contributed by atoms with van der Waals surface area (Å²) < 4.78 is 5.02. The molecule has 0 unspecified atom stereocenters. The van der Waals surface area contributed by atoms with E-state index in [0.29, 0.717) is 11.7 Å². The summed E-state index contributed by atoms with van der Waals surface area (Å²) >= 11 is 0. The number of phenols is 1. The van der Waals surface area contributed by atoms with Crippen molar-refractivity contribution in [3.8, 4) is 11.5 Å². The predicted molar refractivity (Wildman–Crippen MR) is 93.8 cm³/mol. The number of allylic oxidation sites excluding steroid dienone is 1. The number of hydrogen-bond donors (Lipinski definition) is 1. The molecule has 0 aliphatic rings. The first-order chi connectivity index (χ1) is 10.5. The second-order valence-electron chi connectivity index (χ2n) is 5.54. The summed E-state index contributed by atoms with van der Waals surface area (Å²) in [6.45, 7) is 9.80. The number of hydrogen-bond acceptors (Lipinski definition) is 2. The molecular weight excluding hydrogens is 272 g/mol. The summed E-state index contributed by atoms with van der Waals surface area (Å²) in [5.41, 5.74) is 3.39. The minimum absolute atomic E-state index is 0.399. The van der Waals surface area contributed by atoms with Crippen LogP contribution in [-0.4, -0.2) is 12.2 Å². The SMILES string of the molecule is C=CCc1ccc(OC)cc1.Cc1ccc(C(C)C)cc1O. The van der Waals surface area contributed by atoms with Gasteiger partial charge in [-0.3, -0.25) is 0 Å². The van der Waals surface area contributed by atoms with Crippen molar-refractivity contribution in [2.24, 2.45) is 0 Å². The molecule has 22 heavy (non-hydrogen) atoms. The molecule has 0 fully saturated rings. The van der Waals surface area contributed by atoms with Crippen molar-refractivity contribution in [3.05, 3.63) is 71.8 Å². The standard InChI is InChI=1S/C10H14O.C10H12O/c1-7(2)9-5-4-8(3)10(11)6-9;1-3-4-9-5-7-10(11-2)8-6-9/h4-7,11H,1-3H3;3,5-8H,1,4H2,2H3. The van der Waals surface area contributed by atoms with Crippen molar-refractivity contribution < 1.29 is 9.84 Å². The van der Waals surface area contributed by atoms with E-state index in [1.807, 2.05) is 49.4 Å². The van der Waals surface area contributed by atoms with Gasteiger partial charge in [-0.05, 0) is 54.2 Å². The zero-order valence-electron chi connectivity index (χ0n) is 14.0. The second-order valence-corrected chi connectivity index (χ2v) is 5.54. The lowest BCUT2D eigenvalue weighted by Gasteiger charge is -2.06. The Morgan fingerprint density at radius 3 is 2.23 bits per heavy atom. The number of aryl methyl sites for hydroxylation is 1. The molecule has 0 heterocycles. The first-order valence-corrected chi connectivity index (χ1v) is 7.51. The fourth-order valence-corrected chi connectivity index (χ4v) is 1.91. The van der Waals surface area contributed by atoms with E-state index >= 15 is 0 Å². The Kier molecular flexibility index (Phi) is 7.24. The molecule has 0 saturated heterocycles. The number of benzene rings is 2. The van der Waals surface area contributed by atoms with Gasteiger partial charge in [-0.1, -0.05) is 44.2 Å². The summed E-state index contributed by atoms with van der Waals surface area (Å²) in [5.74, 6) is 1.79. The minimum Gasteiger partial charge on any atom is -0.508 e. The van der Waals surface area contributed by atoms with E-state index in [0.717, 1.165) is 17.7 Å². The van der Waals surface area contributed by atoms with E-state index in [-0.39, 0.29) is 0 Å². The molecule has 0 spiro atoms. The van der Waals surface area contributed by atoms with Crippen molar-refractivity contribution in [1.29, 1.82) is 0 Å². The van der Waals surface area contributed by atoms with E-state index < -0.39 is 0 Å². The second kappa shape index (κ2) is 8.93. The lowest BCUT2D eigenvalue weighted by molar-refractivity contribution is 0.414. The molecule has 0 bridgehead atoms. The molecule has 0 radical (unpaired) electrons. The normalized spacial score (nSPS) is 9.86. The molecule has 0 aliphatic heterocycles. The first-order valence-electron chi connectivity index (χ1n) is 7.51. The van der Waals surface area contributed by atoms with Gasteiger partial charge in [0.2, 0.25) is 0 Å². The third-order valence-electron chi connectivity index (χ3n) is 3.44. The highest BCUT2D eigenvalue weighted by atomic mass is 16.5. The molecular formula is C20H26O2. The van der Waals surface area contributed by atoms with E-state index in [4.69, 9.17) is 4.74 Å². The Balaban J connectivity index is 0.000000220. The Morgan fingerprint density at radius 2 is 1.77 bits per heavy atom. The van der Waals surface area contributed by atoms with Crippen molar-refractivity contribution >= 4 is 0 Å². The average Bonchev–Trinajstić information content (AvgIpc) is 2.51. The molecule has 118 valence electrons. The van der Waals surface area contributed by atoms with Gasteiger partial charge in [0.1, 0.15) is 11.5 Å². The molecule has 1 N–H and O–H groups in total. The topological polar surface area (TPSA) is 29.5 Å². The predicted octanol–water partition coefficient (Wildman–Crippen LogP) is 5.25. The van der Waals surface area contributed by atoms with Gasteiger partial charge in [0.15, 0.2) is 0 Å². The van der Waals surface area contributed by atoms with Gasteiger partial charge in [-0.25, -0.2) is 0 Å². The van der Waals surface area contributed by atoms with Crippen molar-refractivity contribution in [3.63, 3.8) is 0 Å². The Labute approximate surface area is 134 Å². The van der Waals surface area contributed by atoms with Crippen molar-refractivity contribution in [1.82, 2.24) is 0 Å². The maximum atomic E-state index is 9.35. The van der Waals surface area contributed by atoms with Crippen LogP contribution >= 0.6 is 0 Å². The van der Waals surface area contributed by atoms with E-state index in [1.165, 1.54) is 11.1 Å². The number of rotatable bonds is 4. The Morgan fingerprint density at radius 1 is 1.14 bits per heavy atom. The smallest absolute Gasteiger partial charge is 0.118 e. The van der Waals surface area contributed by atoms with Crippen LogP contribution in [0.2, 0.25) is 0 Å². The highest BCUT2D eigenvalue weighted by Crippen LogP contribution is 2.22. The molecule has 2 aromatic carbocycles. The molecule has 2 rings (SSSR count). The molecule has 0 atom stereocenters. The lowest BCUT2D eigenvalue weighted by Crippen LogP contribution is -1.86. The van der Waals surface area contributed by atoms with E-state index in [1.54, 1.807) is 7.11 Å². The van der Waals surface area contributed by atoms with Crippen LogP contribution in [0.4, 0.5) is 0 Å². The van der Waals surface area contributed by atoms with Gasteiger partial charge < -0.3 is 9.84 Å². The highest BCUT2D eigenvalue weighted by molar-refractivity contribution is 5.36. The van der Waals surface area contributed by atoms with E-state index in [2.05, 4.69) is 26.5 Å². The van der Waals surface area contributed by atoms with Gasteiger partial charge in [0.05, 0.1) is 7.11 Å². The molecule has 2 nitrogen and oxygen atoms in total. The zero-order chi connectivity index (χ0) is 16.5. The van der Waals surface area contributed by atoms with Gasteiger partial charge in [-0.15, -0.1) is 6.58 Å². The van der Waals surface area contributed by atoms with Crippen LogP contribution in [0.25, 0.3) is 0 Å². The molecule has 2 heteroatoms. The lowest BCUT2D eigenvalue weighted by atomic mass is 10.0. The van der Waals surface area contributed by atoms with Gasteiger partial charge >= 0.3 is 0 Å². The molecule has 0 aromatic heterocycles. The number of aromatic hydroxyl groups is 1. The summed E-state index contributed by atoms with van der Waals surface area (Å²) in [5, 5.41) is 9.35. The number of ether oxygens (including phenoxy) is 1. The highest BCUT2D eigenvalue weighted by Gasteiger charge is 2.01. The van der Waals surface area contributed by atoms with E-state index in [9.17, 15) is 5.11 Å². The van der Waals surface area contributed by atoms with Crippen LogP contribution in [0.1, 0.15) is 36.5 Å². The molecule has 0 amide bonds. The van der Waals surface area contributed by atoms with Gasteiger partial charge in [-0.2, -0.15) is 0 Å². The van der Waals surface area contributed by atoms with Crippen LogP contribution < -0.4 is 4.74 Å². The van der Waals surface area contributed by atoms with Crippen LogP contribution in [-0.2, 0) is 6.42 Å². The van der Waals surface area contributed by atoms with Gasteiger partial charge in [0.25, 0.3) is 0 Å². The van der Waals surface area contributed by atoms with Crippen LogP contribution in [0.3, 0.4) is 0 Å². The molecule has 0 saturated carbocycles. The summed E-state index contributed by atoms with van der Waals surface area (Å²) in [7, 11) is 1.67. The maximum Gasteiger partial charge on any atom is 0.118 e. The maximum absolute atomic E-state index is 9.35. The quantitative estimate of drug-likeness (QED) is 0.781. The fraction of sp³-hybridized carbons (Fsp3) is 0.300. The molecule has 2 aromatic rings. The molecule has 0 aliphatic carbocycles. The summed E-state index contributed by atoms with van der Waals surface area (Å²) in [4.78, 5) is 0. The Hall–Kier alpha value is -2.22. The van der Waals surface area contributed by atoms with Crippen molar-refractivity contribution in [2.45, 2.75) is 33.1 Å². The van der Waals surface area contributed by atoms with Crippen LogP contribution in [0.5, 0.6) is 11.5 Å². The average molecular weight is 298 g/mol. The largest absolute Gasteiger partial charge is 0.508 e.